The average Bonchev–Trinajstić information content (AvgIpc) is 3.37. The summed E-state index contributed by atoms with van der Waals surface area (Å²) in [7, 11) is 1.92. The van der Waals surface area contributed by atoms with E-state index in [4.69, 9.17) is 0 Å². The molecule has 0 aliphatic heterocycles. The van der Waals surface area contributed by atoms with Crippen molar-refractivity contribution in [3.05, 3.63) is 76.4 Å². The second-order valence-corrected chi connectivity index (χ2v) is 8.40. The van der Waals surface area contributed by atoms with Gasteiger partial charge >= 0.3 is 0 Å². The van der Waals surface area contributed by atoms with Crippen LogP contribution in [-0.2, 0) is 12.8 Å². The quantitative estimate of drug-likeness (QED) is 0.420. The molecule has 1 aromatic carbocycles. The Kier molecular flexibility index (Phi) is 4.89. The SMILES string of the molecule is Cn1c(SCc2nc3scc(-c4ccccc4)c3c(=O)[nH]2)nnc1-c1ccncc1. The summed E-state index contributed by atoms with van der Waals surface area (Å²) in [6, 6.07) is 13.7. The number of nitrogens with zero attached hydrogens (tertiary/aromatic N) is 5. The highest BCUT2D eigenvalue weighted by atomic mass is 32.2. The van der Waals surface area contributed by atoms with Crippen molar-refractivity contribution >= 4 is 33.3 Å². The number of aromatic nitrogens is 6. The van der Waals surface area contributed by atoms with Gasteiger partial charge in [0.05, 0.1) is 11.1 Å². The van der Waals surface area contributed by atoms with Crippen LogP contribution in [0.25, 0.3) is 32.7 Å². The first kappa shape index (κ1) is 18.7. The van der Waals surface area contributed by atoms with Crippen LogP contribution in [-0.4, -0.2) is 29.7 Å². The Balaban J connectivity index is 1.41. The van der Waals surface area contributed by atoms with E-state index in [1.807, 2.05) is 59.5 Å². The molecule has 4 aromatic heterocycles. The minimum absolute atomic E-state index is 0.119. The van der Waals surface area contributed by atoms with Crippen LogP contribution >= 0.6 is 23.1 Å². The standard InChI is InChI=1S/C21H16N6OS2/c1-27-18(14-7-9-22-10-8-14)25-26-21(27)30-12-16-23-19(28)17-15(11-29-20(17)24-16)13-5-3-2-4-6-13/h2-11H,12H2,1H3,(H,23,24,28). The van der Waals surface area contributed by atoms with Crippen LogP contribution in [0.4, 0.5) is 0 Å². The van der Waals surface area contributed by atoms with Crippen LogP contribution in [0, 0.1) is 0 Å². The normalized spacial score (nSPS) is 11.2. The van der Waals surface area contributed by atoms with Crippen molar-refractivity contribution in [3.8, 4) is 22.5 Å². The van der Waals surface area contributed by atoms with Gasteiger partial charge in [-0.2, -0.15) is 0 Å². The van der Waals surface area contributed by atoms with Gasteiger partial charge in [-0.25, -0.2) is 4.98 Å². The summed E-state index contributed by atoms with van der Waals surface area (Å²) in [4.78, 5) is 25.2. The molecule has 0 spiro atoms. The highest BCUT2D eigenvalue weighted by Crippen LogP contribution is 2.31. The molecule has 0 aliphatic carbocycles. The molecule has 148 valence electrons. The van der Waals surface area contributed by atoms with Crippen molar-refractivity contribution in [1.82, 2.24) is 29.7 Å². The van der Waals surface area contributed by atoms with Gasteiger partial charge in [-0.1, -0.05) is 42.1 Å². The molecule has 0 radical (unpaired) electrons. The summed E-state index contributed by atoms with van der Waals surface area (Å²) in [5, 5.41) is 11.9. The van der Waals surface area contributed by atoms with E-state index in [9.17, 15) is 4.79 Å². The largest absolute Gasteiger partial charge is 0.309 e. The van der Waals surface area contributed by atoms with Gasteiger partial charge in [-0.3, -0.25) is 9.78 Å². The number of nitrogens with one attached hydrogen (secondary N) is 1. The maximum absolute atomic E-state index is 12.8. The van der Waals surface area contributed by atoms with Crippen LogP contribution in [0.5, 0.6) is 0 Å². The average molecular weight is 433 g/mol. The van der Waals surface area contributed by atoms with Crippen molar-refractivity contribution in [3.63, 3.8) is 0 Å². The maximum Gasteiger partial charge on any atom is 0.260 e. The molecule has 1 N–H and O–H groups in total. The summed E-state index contributed by atoms with van der Waals surface area (Å²) in [6.45, 7) is 0. The maximum atomic E-state index is 12.8. The molecule has 0 amide bonds. The molecule has 0 saturated heterocycles. The van der Waals surface area contributed by atoms with E-state index in [-0.39, 0.29) is 5.56 Å². The Bertz CT molecular complexity index is 1380. The van der Waals surface area contributed by atoms with Gasteiger partial charge in [0.15, 0.2) is 11.0 Å². The Morgan fingerprint density at radius 2 is 1.87 bits per heavy atom. The zero-order valence-corrected chi connectivity index (χ0v) is 17.6. The zero-order valence-electron chi connectivity index (χ0n) is 15.9. The molecule has 0 fully saturated rings. The van der Waals surface area contributed by atoms with E-state index in [1.54, 1.807) is 12.4 Å². The van der Waals surface area contributed by atoms with Crippen LogP contribution in [0.2, 0.25) is 0 Å². The fourth-order valence-corrected chi connectivity index (χ4v) is 4.97. The number of fused-ring (bicyclic) bond motifs is 1. The Morgan fingerprint density at radius 3 is 2.67 bits per heavy atom. The molecule has 0 bridgehead atoms. The number of pyridine rings is 1. The van der Waals surface area contributed by atoms with Gasteiger partial charge in [0.2, 0.25) is 0 Å². The van der Waals surface area contributed by atoms with Crippen LogP contribution < -0.4 is 5.56 Å². The van der Waals surface area contributed by atoms with Crippen molar-refractivity contribution < 1.29 is 0 Å². The third-order valence-corrected chi connectivity index (χ3v) is 6.59. The fraction of sp³-hybridized carbons (Fsp3) is 0.0952. The molecule has 30 heavy (non-hydrogen) atoms. The third-order valence-electron chi connectivity index (χ3n) is 4.69. The third kappa shape index (κ3) is 3.42. The first-order chi connectivity index (χ1) is 14.7. The lowest BCUT2D eigenvalue weighted by Gasteiger charge is -2.04. The molecule has 4 heterocycles. The van der Waals surface area contributed by atoms with Crippen LogP contribution in [0.15, 0.2) is 70.2 Å². The summed E-state index contributed by atoms with van der Waals surface area (Å²) >= 11 is 2.97. The monoisotopic (exact) mass is 432 g/mol. The number of thioether (sulfide) groups is 1. The van der Waals surface area contributed by atoms with E-state index < -0.39 is 0 Å². The second kappa shape index (κ2) is 7.85. The fourth-order valence-electron chi connectivity index (χ4n) is 3.22. The number of rotatable bonds is 5. The molecule has 5 rings (SSSR count). The zero-order chi connectivity index (χ0) is 20.5. The Morgan fingerprint density at radius 1 is 1.07 bits per heavy atom. The van der Waals surface area contributed by atoms with Crippen LogP contribution in [0.3, 0.4) is 0 Å². The predicted octanol–water partition coefficient (Wildman–Crippen LogP) is 4.13. The van der Waals surface area contributed by atoms with Gasteiger partial charge in [0, 0.05) is 35.9 Å². The molecule has 5 aromatic rings. The van der Waals surface area contributed by atoms with Gasteiger partial charge < -0.3 is 9.55 Å². The van der Waals surface area contributed by atoms with Gasteiger partial charge in [-0.15, -0.1) is 21.5 Å². The number of hydrogen-bond donors (Lipinski definition) is 1. The highest BCUT2D eigenvalue weighted by Gasteiger charge is 2.15. The lowest BCUT2D eigenvalue weighted by atomic mass is 10.1. The van der Waals surface area contributed by atoms with E-state index in [1.165, 1.54) is 23.1 Å². The van der Waals surface area contributed by atoms with E-state index in [0.717, 1.165) is 32.5 Å². The molecule has 0 saturated carbocycles. The Labute approximate surface area is 179 Å². The van der Waals surface area contributed by atoms with Gasteiger partial charge in [0.1, 0.15) is 10.7 Å². The van der Waals surface area contributed by atoms with Gasteiger partial charge in [-0.05, 0) is 17.7 Å². The van der Waals surface area contributed by atoms with Crippen molar-refractivity contribution in [2.24, 2.45) is 7.05 Å². The molecular formula is C21H16N6OS2. The topological polar surface area (TPSA) is 89.4 Å². The summed E-state index contributed by atoms with van der Waals surface area (Å²) in [6.07, 6.45) is 3.46. The lowest BCUT2D eigenvalue weighted by Crippen LogP contribution is -2.10. The smallest absolute Gasteiger partial charge is 0.260 e. The molecule has 0 unspecified atom stereocenters. The van der Waals surface area contributed by atoms with Crippen molar-refractivity contribution in [1.29, 1.82) is 0 Å². The number of benzene rings is 1. The minimum atomic E-state index is -0.119. The molecule has 9 heteroatoms. The van der Waals surface area contributed by atoms with Crippen LogP contribution in [0.1, 0.15) is 5.82 Å². The Hall–Kier alpha value is -3.30. The van der Waals surface area contributed by atoms with Crippen molar-refractivity contribution in [2.75, 3.05) is 0 Å². The highest BCUT2D eigenvalue weighted by molar-refractivity contribution is 7.98. The minimum Gasteiger partial charge on any atom is -0.309 e. The van der Waals surface area contributed by atoms with Gasteiger partial charge in [0.25, 0.3) is 5.56 Å². The number of H-pyrrole nitrogens is 1. The number of thiophene rings is 1. The summed E-state index contributed by atoms with van der Waals surface area (Å²) in [5.74, 6) is 1.88. The first-order valence-electron chi connectivity index (χ1n) is 9.19. The second-order valence-electron chi connectivity index (χ2n) is 6.60. The molecule has 0 atom stereocenters. The molecule has 7 nitrogen and oxygen atoms in total. The van der Waals surface area contributed by atoms with E-state index in [2.05, 4.69) is 25.1 Å². The first-order valence-corrected chi connectivity index (χ1v) is 11.1. The van der Waals surface area contributed by atoms with Crippen molar-refractivity contribution in [2.45, 2.75) is 10.9 Å². The lowest BCUT2D eigenvalue weighted by molar-refractivity contribution is 0.793. The molecular weight excluding hydrogens is 416 g/mol. The predicted molar refractivity (Wildman–Crippen MR) is 119 cm³/mol. The number of aromatic amines is 1. The van der Waals surface area contributed by atoms with E-state index >= 15 is 0 Å². The summed E-state index contributed by atoms with van der Waals surface area (Å²) in [5.41, 5.74) is 2.76. The summed E-state index contributed by atoms with van der Waals surface area (Å²) < 4.78 is 1.93. The van der Waals surface area contributed by atoms with E-state index in [0.29, 0.717) is 17.0 Å². The molecule has 0 aliphatic rings. The number of hydrogen-bond acceptors (Lipinski definition) is 7.